The normalized spacial score (nSPS) is 17.4. The van der Waals surface area contributed by atoms with E-state index in [1.165, 1.54) is 31.4 Å². The highest BCUT2D eigenvalue weighted by Crippen LogP contribution is 2.30. The Labute approximate surface area is 112 Å². The van der Waals surface area contributed by atoms with Crippen LogP contribution >= 0.6 is 0 Å². The summed E-state index contributed by atoms with van der Waals surface area (Å²) in [5.74, 6) is 0.467. The molecule has 19 heavy (non-hydrogen) atoms. The first-order valence-corrected chi connectivity index (χ1v) is 6.76. The number of nitrogens with zero attached hydrogens (tertiary/aromatic N) is 1. The molecule has 0 unspecified atom stereocenters. The first-order valence-electron chi connectivity index (χ1n) is 6.76. The van der Waals surface area contributed by atoms with Crippen LogP contribution in [0.5, 0.6) is 0 Å². The first kappa shape index (κ1) is 13.7. The van der Waals surface area contributed by atoms with Crippen molar-refractivity contribution >= 4 is 11.8 Å². The van der Waals surface area contributed by atoms with Crippen LogP contribution in [-0.4, -0.2) is 16.6 Å². The van der Waals surface area contributed by atoms with Gasteiger partial charge in [-0.2, -0.15) is 0 Å². The lowest BCUT2D eigenvalue weighted by Crippen LogP contribution is -2.11. The number of aliphatic hydroxyl groups is 1. The molecule has 1 aliphatic rings. The maximum Gasteiger partial charge on any atom is 0.269 e. The zero-order valence-corrected chi connectivity index (χ0v) is 10.9. The highest BCUT2D eigenvalue weighted by Gasteiger charge is 2.17. The third kappa shape index (κ3) is 3.64. The van der Waals surface area contributed by atoms with Crippen molar-refractivity contribution in [1.29, 1.82) is 0 Å². The molecule has 1 N–H and O–H groups in total. The molecular weight excluding hydrogens is 242 g/mol. The van der Waals surface area contributed by atoms with E-state index in [2.05, 4.69) is 0 Å². The van der Waals surface area contributed by atoms with Gasteiger partial charge in [0, 0.05) is 12.1 Å². The van der Waals surface area contributed by atoms with E-state index in [1.807, 2.05) is 6.08 Å². The molecule has 0 aliphatic heterocycles. The zero-order valence-electron chi connectivity index (χ0n) is 10.9. The fraction of sp³-hybridized carbons (Fsp3) is 0.467. The second kappa shape index (κ2) is 6.48. The number of rotatable bonds is 4. The number of benzene rings is 1. The fourth-order valence-corrected chi connectivity index (χ4v) is 2.67. The second-order valence-electron chi connectivity index (χ2n) is 5.06. The molecule has 2 rings (SSSR count). The minimum Gasteiger partial charge on any atom is -0.392 e. The molecule has 102 valence electrons. The molecule has 0 aromatic heterocycles. The summed E-state index contributed by atoms with van der Waals surface area (Å²) >= 11 is 0. The van der Waals surface area contributed by atoms with Gasteiger partial charge in [0.2, 0.25) is 0 Å². The van der Waals surface area contributed by atoms with Gasteiger partial charge in [-0.3, -0.25) is 10.1 Å². The third-order valence-electron chi connectivity index (χ3n) is 3.77. The zero-order chi connectivity index (χ0) is 13.7. The Morgan fingerprint density at radius 3 is 2.42 bits per heavy atom. The predicted molar refractivity (Wildman–Crippen MR) is 74.7 cm³/mol. The van der Waals surface area contributed by atoms with Crippen LogP contribution in [0.4, 0.5) is 5.69 Å². The lowest BCUT2D eigenvalue weighted by atomic mass is 9.83. The van der Waals surface area contributed by atoms with Crippen molar-refractivity contribution in [3.05, 3.63) is 45.5 Å². The minimum atomic E-state index is -0.401. The van der Waals surface area contributed by atoms with E-state index in [-0.39, 0.29) is 12.3 Å². The Hall–Kier alpha value is -1.68. The Balaban J connectivity index is 2.14. The molecule has 4 nitrogen and oxygen atoms in total. The van der Waals surface area contributed by atoms with Crippen LogP contribution in [0.2, 0.25) is 0 Å². The Kier molecular flexibility index (Phi) is 4.68. The standard InChI is InChI=1S/C15H19NO3/c17-11-14(13-4-2-1-3-5-13)10-12-6-8-15(9-7-12)16(18)19/h6-10,13,17H,1-5,11H2. The number of aliphatic hydroxyl groups excluding tert-OH is 1. The molecule has 0 heterocycles. The van der Waals surface area contributed by atoms with Gasteiger partial charge in [-0.15, -0.1) is 0 Å². The van der Waals surface area contributed by atoms with Crippen LogP contribution in [-0.2, 0) is 0 Å². The van der Waals surface area contributed by atoms with Crippen LogP contribution in [0, 0.1) is 16.0 Å². The summed E-state index contributed by atoms with van der Waals surface area (Å²) in [7, 11) is 0. The van der Waals surface area contributed by atoms with Gasteiger partial charge in [-0.25, -0.2) is 0 Å². The summed E-state index contributed by atoms with van der Waals surface area (Å²) in [6, 6.07) is 6.47. The fourth-order valence-electron chi connectivity index (χ4n) is 2.67. The van der Waals surface area contributed by atoms with E-state index < -0.39 is 4.92 Å². The molecule has 1 fully saturated rings. The maximum absolute atomic E-state index is 10.6. The number of hydrogen-bond donors (Lipinski definition) is 1. The highest BCUT2D eigenvalue weighted by atomic mass is 16.6. The topological polar surface area (TPSA) is 63.4 Å². The lowest BCUT2D eigenvalue weighted by molar-refractivity contribution is -0.384. The average molecular weight is 261 g/mol. The van der Waals surface area contributed by atoms with Crippen molar-refractivity contribution < 1.29 is 10.0 Å². The molecule has 0 spiro atoms. The quantitative estimate of drug-likeness (QED) is 0.666. The summed E-state index contributed by atoms with van der Waals surface area (Å²) in [6.45, 7) is 0.0711. The molecular formula is C15H19NO3. The molecule has 4 heteroatoms. The van der Waals surface area contributed by atoms with Gasteiger partial charge in [0.25, 0.3) is 5.69 Å². The van der Waals surface area contributed by atoms with Crippen molar-refractivity contribution in [3.63, 3.8) is 0 Å². The summed E-state index contributed by atoms with van der Waals surface area (Å²) in [4.78, 5) is 10.2. The van der Waals surface area contributed by atoms with Crippen LogP contribution in [0.25, 0.3) is 6.08 Å². The van der Waals surface area contributed by atoms with E-state index >= 15 is 0 Å². The van der Waals surface area contributed by atoms with Gasteiger partial charge in [-0.1, -0.05) is 25.3 Å². The van der Waals surface area contributed by atoms with Gasteiger partial charge < -0.3 is 5.11 Å². The second-order valence-corrected chi connectivity index (χ2v) is 5.06. The number of hydrogen-bond acceptors (Lipinski definition) is 3. The molecule has 0 amide bonds. The van der Waals surface area contributed by atoms with E-state index in [1.54, 1.807) is 12.1 Å². The van der Waals surface area contributed by atoms with E-state index in [0.29, 0.717) is 5.92 Å². The molecule has 0 saturated heterocycles. The van der Waals surface area contributed by atoms with Crippen molar-refractivity contribution in [2.75, 3.05) is 6.61 Å². The Bertz CT molecular complexity index is 459. The largest absolute Gasteiger partial charge is 0.392 e. The Morgan fingerprint density at radius 2 is 1.89 bits per heavy atom. The van der Waals surface area contributed by atoms with Crippen LogP contribution in [0.1, 0.15) is 37.7 Å². The monoisotopic (exact) mass is 261 g/mol. The van der Waals surface area contributed by atoms with E-state index in [4.69, 9.17) is 0 Å². The van der Waals surface area contributed by atoms with Gasteiger partial charge >= 0.3 is 0 Å². The molecule has 0 atom stereocenters. The molecule has 1 aromatic rings. The summed E-state index contributed by atoms with van der Waals surface area (Å²) in [5.41, 5.74) is 2.06. The molecule has 0 radical (unpaired) electrons. The van der Waals surface area contributed by atoms with Crippen molar-refractivity contribution in [3.8, 4) is 0 Å². The summed E-state index contributed by atoms with van der Waals surface area (Å²) in [5, 5.41) is 20.1. The molecule has 1 aromatic carbocycles. The van der Waals surface area contributed by atoms with Crippen LogP contribution in [0.15, 0.2) is 29.8 Å². The number of nitro groups is 1. The Morgan fingerprint density at radius 1 is 1.26 bits per heavy atom. The summed E-state index contributed by atoms with van der Waals surface area (Å²) < 4.78 is 0. The summed E-state index contributed by atoms with van der Waals surface area (Å²) in [6.07, 6.45) is 7.98. The lowest BCUT2D eigenvalue weighted by Gasteiger charge is -2.23. The smallest absolute Gasteiger partial charge is 0.269 e. The molecule has 1 saturated carbocycles. The van der Waals surface area contributed by atoms with Crippen molar-refractivity contribution in [2.24, 2.45) is 5.92 Å². The average Bonchev–Trinajstić information content (AvgIpc) is 2.46. The van der Waals surface area contributed by atoms with Gasteiger partial charge in [-0.05, 0) is 42.0 Å². The maximum atomic E-state index is 10.6. The van der Waals surface area contributed by atoms with Crippen LogP contribution < -0.4 is 0 Å². The molecule has 0 bridgehead atoms. The van der Waals surface area contributed by atoms with E-state index in [0.717, 1.165) is 24.0 Å². The van der Waals surface area contributed by atoms with Gasteiger partial charge in [0.1, 0.15) is 0 Å². The third-order valence-corrected chi connectivity index (χ3v) is 3.77. The van der Waals surface area contributed by atoms with Gasteiger partial charge in [0.15, 0.2) is 0 Å². The molecule has 1 aliphatic carbocycles. The van der Waals surface area contributed by atoms with Crippen LogP contribution in [0.3, 0.4) is 0 Å². The van der Waals surface area contributed by atoms with E-state index in [9.17, 15) is 15.2 Å². The number of non-ortho nitro benzene ring substituents is 1. The highest BCUT2D eigenvalue weighted by molar-refractivity contribution is 5.55. The van der Waals surface area contributed by atoms with Crippen molar-refractivity contribution in [2.45, 2.75) is 32.1 Å². The van der Waals surface area contributed by atoms with Crippen molar-refractivity contribution in [1.82, 2.24) is 0 Å². The SMILES string of the molecule is O=[N+]([O-])c1ccc(C=C(CO)C2CCCCC2)cc1. The number of nitro benzene ring substituents is 1. The predicted octanol–water partition coefficient (Wildman–Crippen LogP) is 3.55. The van der Waals surface area contributed by atoms with Gasteiger partial charge in [0.05, 0.1) is 11.5 Å². The first-order chi connectivity index (χ1) is 9.20. The minimum absolute atomic E-state index is 0.0711.